The summed E-state index contributed by atoms with van der Waals surface area (Å²) in [4.78, 5) is 14.2. The minimum Gasteiger partial charge on any atom is -0.467 e. The number of hydrogen-bond donors (Lipinski definition) is 2. The van der Waals surface area contributed by atoms with Crippen molar-refractivity contribution in [3.05, 3.63) is 35.5 Å². The molecule has 1 aromatic carbocycles. The molecule has 2 aromatic rings. The number of hydrogen-bond acceptors (Lipinski definition) is 3. The van der Waals surface area contributed by atoms with Crippen LogP contribution in [0.5, 0.6) is 0 Å². The standard InChI is InChI=1S/C12H13NO3/c1-7-3-4-8-6-10(13-9(8)5-7)11(14)12(15)16-2/h3-6,11,13-14H,1-2H3. The summed E-state index contributed by atoms with van der Waals surface area (Å²) in [5.41, 5.74) is 2.47. The molecule has 1 heterocycles. The summed E-state index contributed by atoms with van der Waals surface area (Å²) < 4.78 is 4.48. The summed E-state index contributed by atoms with van der Waals surface area (Å²) in [5.74, 6) is -0.664. The first-order valence-corrected chi connectivity index (χ1v) is 4.97. The molecule has 2 N–H and O–H groups in total. The van der Waals surface area contributed by atoms with Gasteiger partial charge >= 0.3 is 5.97 Å². The van der Waals surface area contributed by atoms with Gasteiger partial charge in [0.1, 0.15) is 0 Å². The number of rotatable bonds is 2. The van der Waals surface area contributed by atoms with Crippen LogP contribution in [0.2, 0.25) is 0 Å². The molecule has 2 rings (SSSR count). The van der Waals surface area contributed by atoms with Crippen molar-refractivity contribution < 1.29 is 14.6 Å². The van der Waals surface area contributed by atoms with Crippen LogP contribution < -0.4 is 0 Å². The van der Waals surface area contributed by atoms with E-state index in [0.717, 1.165) is 16.5 Å². The second-order valence-electron chi connectivity index (χ2n) is 3.74. The number of aliphatic hydroxyl groups excluding tert-OH is 1. The fraction of sp³-hybridized carbons (Fsp3) is 0.250. The Hall–Kier alpha value is -1.81. The van der Waals surface area contributed by atoms with Gasteiger partial charge in [-0.15, -0.1) is 0 Å². The minimum atomic E-state index is -1.25. The lowest BCUT2D eigenvalue weighted by Gasteiger charge is -2.04. The quantitative estimate of drug-likeness (QED) is 0.755. The summed E-state index contributed by atoms with van der Waals surface area (Å²) in [6.07, 6.45) is -1.25. The number of esters is 1. The van der Waals surface area contributed by atoms with Crippen LogP contribution in [-0.4, -0.2) is 23.2 Å². The van der Waals surface area contributed by atoms with Crippen LogP contribution in [0.4, 0.5) is 0 Å². The van der Waals surface area contributed by atoms with Gasteiger partial charge in [0.15, 0.2) is 6.10 Å². The van der Waals surface area contributed by atoms with E-state index in [1.54, 1.807) is 6.07 Å². The first kappa shape index (κ1) is 10.7. The number of carbonyl (C=O) groups excluding carboxylic acids is 1. The van der Waals surface area contributed by atoms with Crippen molar-refractivity contribution in [3.8, 4) is 0 Å². The first-order chi connectivity index (χ1) is 7.61. The van der Waals surface area contributed by atoms with Gasteiger partial charge in [0, 0.05) is 5.52 Å². The molecule has 1 atom stereocenters. The van der Waals surface area contributed by atoms with Crippen molar-refractivity contribution in [3.63, 3.8) is 0 Å². The zero-order valence-corrected chi connectivity index (χ0v) is 9.15. The Morgan fingerprint density at radius 2 is 2.19 bits per heavy atom. The van der Waals surface area contributed by atoms with Gasteiger partial charge in [0.25, 0.3) is 0 Å². The van der Waals surface area contributed by atoms with E-state index in [4.69, 9.17) is 0 Å². The smallest absolute Gasteiger partial charge is 0.340 e. The highest BCUT2D eigenvalue weighted by atomic mass is 16.5. The molecule has 0 aliphatic carbocycles. The second-order valence-corrected chi connectivity index (χ2v) is 3.74. The van der Waals surface area contributed by atoms with E-state index in [-0.39, 0.29) is 0 Å². The lowest BCUT2D eigenvalue weighted by atomic mass is 10.2. The predicted octanol–water partition coefficient (Wildman–Crippen LogP) is 1.68. The van der Waals surface area contributed by atoms with Crippen LogP contribution in [0.15, 0.2) is 24.3 Å². The Labute approximate surface area is 92.9 Å². The number of nitrogens with one attached hydrogen (secondary N) is 1. The molecule has 1 unspecified atom stereocenters. The molecular weight excluding hydrogens is 206 g/mol. The average Bonchev–Trinajstić information content (AvgIpc) is 2.69. The predicted molar refractivity (Wildman–Crippen MR) is 60.0 cm³/mol. The highest BCUT2D eigenvalue weighted by Crippen LogP contribution is 2.21. The van der Waals surface area contributed by atoms with E-state index >= 15 is 0 Å². The molecule has 16 heavy (non-hydrogen) atoms. The largest absolute Gasteiger partial charge is 0.467 e. The molecule has 0 aliphatic rings. The van der Waals surface area contributed by atoms with Crippen molar-refractivity contribution in [1.29, 1.82) is 0 Å². The number of aryl methyl sites for hydroxylation is 1. The number of fused-ring (bicyclic) bond motifs is 1. The number of benzene rings is 1. The van der Waals surface area contributed by atoms with Gasteiger partial charge in [0.05, 0.1) is 12.8 Å². The van der Waals surface area contributed by atoms with Crippen molar-refractivity contribution in [2.45, 2.75) is 13.0 Å². The highest BCUT2D eigenvalue weighted by Gasteiger charge is 2.19. The summed E-state index contributed by atoms with van der Waals surface area (Å²) in [5, 5.41) is 10.6. The molecule has 84 valence electrons. The summed E-state index contributed by atoms with van der Waals surface area (Å²) >= 11 is 0. The Morgan fingerprint density at radius 1 is 1.44 bits per heavy atom. The van der Waals surface area contributed by atoms with Gasteiger partial charge < -0.3 is 14.8 Å². The number of aromatic nitrogens is 1. The van der Waals surface area contributed by atoms with E-state index < -0.39 is 12.1 Å². The molecule has 0 radical (unpaired) electrons. The zero-order valence-electron chi connectivity index (χ0n) is 9.15. The number of carbonyl (C=O) groups is 1. The maximum atomic E-state index is 11.2. The van der Waals surface area contributed by atoms with Crippen molar-refractivity contribution in [2.24, 2.45) is 0 Å². The summed E-state index contributed by atoms with van der Waals surface area (Å²) in [6, 6.07) is 7.62. The van der Waals surface area contributed by atoms with Crippen LogP contribution >= 0.6 is 0 Å². The van der Waals surface area contributed by atoms with Crippen molar-refractivity contribution in [2.75, 3.05) is 7.11 Å². The van der Waals surface area contributed by atoms with Crippen LogP contribution in [0.3, 0.4) is 0 Å². The molecule has 1 aromatic heterocycles. The number of aliphatic hydroxyl groups is 1. The summed E-state index contributed by atoms with van der Waals surface area (Å²) in [6.45, 7) is 1.98. The molecule has 0 saturated heterocycles. The molecule has 4 nitrogen and oxygen atoms in total. The Morgan fingerprint density at radius 3 is 2.88 bits per heavy atom. The number of ether oxygens (including phenoxy) is 1. The molecule has 0 amide bonds. The van der Waals surface area contributed by atoms with E-state index in [9.17, 15) is 9.90 Å². The van der Waals surface area contributed by atoms with E-state index in [1.807, 2.05) is 25.1 Å². The van der Waals surface area contributed by atoms with Gasteiger partial charge in [-0.25, -0.2) is 4.79 Å². The normalized spacial score (nSPS) is 12.7. The fourth-order valence-corrected chi connectivity index (χ4v) is 1.65. The van der Waals surface area contributed by atoms with Crippen LogP contribution in [0.1, 0.15) is 17.4 Å². The fourth-order valence-electron chi connectivity index (χ4n) is 1.65. The topological polar surface area (TPSA) is 62.3 Å². The van der Waals surface area contributed by atoms with Gasteiger partial charge in [0.2, 0.25) is 0 Å². The molecule has 0 spiro atoms. The molecular formula is C12H13NO3. The van der Waals surface area contributed by atoms with Gasteiger partial charge in [-0.3, -0.25) is 0 Å². The van der Waals surface area contributed by atoms with Crippen molar-refractivity contribution >= 4 is 16.9 Å². The number of aromatic amines is 1. The second kappa shape index (κ2) is 3.98. The third-order valence-electron chi connectivity index (χ3n) is 2.52. The van der Waals surface area contributed by atoms with Gasteiger partial charge in [-0.05, 0) is 30.0 Å². The lowest BCUT2D eigenvalue weighted by Crippen LogP contribution is -2.13. The molecule has 0 aliphatic heterocycles. The third kappa shape index (κ3) is 1.79. The Kier molecular flexibility index (Phi) is 2.66. The number of H-pyrrole nitrogens is 1. The third-order valence-corrected chi connectivity index (χ3v) is 2.52. The van der Waals surface area contributed by atoms with Gasteiger partial charge in [-0.2, -0.15) is 0 Å². The van der Waals surface area contributed by atoms with Gasteiger partial charge in [-0.1, -0.05) is 12.1 Å². The molecule has 0 bridgehead atoms. The van der Waals surface area contributed by atoms with Crippen LogP contribution in [0, 0.1) is 6.92 Å². The Balaban J connectivity index is 2.43. The van der Waals surface area contributed by atoms with Crippen LogP contribution in [0.25, 0.3) is 10.9 Å². The maximum Gasteiger partial charge on any atom is 0.340 e. The molecule has 0 fully saturated rings. The lowest BCUT2D eigenvalue weighted by molar-refractivity contribution is -0.150. The highest BCUT2D eigenvalue weighted by molar-refractivity contribution is 5.84. The Bertz CT molecular complexity index is 530. The van der Waals surface area contributed by atoms with E-state index in [0.29, 0.717) is 5.69 Å². The monoisotopic (exact) mass is 219 g/mol. The van der Waals surface area contributed by atoms with E-state index in [1.165, 1.54) is 7.11 Å². The summed E-state index contributed by atoms with van der Waals surface area (Å²) in [7, 11) is 1.25. The SMILES string of the molecule is COC(=O)C(O)c1cc2ccc(C)cc2[nH]1. The average molecular weight is 219 g/mol. The molecule has 4 heteroatoms. The number of methoxy groups -OCH3 is 1. The van der Waals surface area contributed by atoms with Crippen LogP contribution in [-0.2, 0) is 9.53 Å². The minimum absolute atomic E-state index is 0.451. The van der Waals surface area contributed by atoms with Crippen molar-refractivity contribution in [1.82, 2.24) is 4.98 Å². The zero-order chi connectivity index (χ0) is 11.7. The van der Waals surface area contributed by atoms with E-state index in [2.05, 4.69) is 9.72 Å². The first-order valence-electron chi connectivity index (χ1n) is 4.97. The molecule has 0 saturated carbocycles. The maximum absolute atomic E-state index is 11.2.